The average molecular weight is 857 g/mol. The number of pyridine rings is 2. The molecule has 1 aliphatic heterocycles. The Morgan fingerprint density at radius 2 is 1.39 bits per heavy atom. The van der Waals surface area contributed by atoms with Gasteiger partial charge in [0.25, 0.3) is 0 Å². The molecule has 12 nitrogen and oxygen atoms in total. The summed E-state index contributed by atoms with van der Waals surface area (Å²) in [5, 5.41) is 18.1. The van der Waals surface area contributed by atoms with Gasteiger partial charge in [-0.1, -0.05) is 45.9 Å². The molecule has 10 aromatic rings. The van der Waals surface area contributed by atoms with Crippen molar-refractivity contribution < 1.29 is 0 Å². The van der Waals surface area contributed by atoms with Crippen LogP contribution in [0.15, 0.2) is 73.6 Å². The van der Waals surface area contributed by atoms with Crippen LogP contribution >= 0.6 is 22.7 Å². The maximum atomic E-state index is 6.29. The Bertz CT molecular complexity index is 3380. The van der Waals surface area contributed by atoms with Gasteiger partial charge in [0.15, 0.2) is 17.1 Å². The number of aryl methyl sites for hydroxylation is 2. The average Bonchev–Trinajstić information content (AvgIpc) is 4.07. The zero-order chi connectivity index (χ0) is 42.1. The molecule has 0 saturated carbocycles. The van der Waals surface area contributed by atoms with E-state index in [1.807, 2.05) is 37.9 Å². The third-order valence-corrected chi connectivity index (χ3v) is 15.5. The predicted octanol–water partition coefficient (Wildman–Crippen LogP) is 10.3. The van der Waals surface area contributed by atoms with Gasteiger partial charge in [-0.05, 0) is 108 Å². The Morgan fingerprint density at radius 1 is 0.726 bits per heavy atom. The molecule has 62 heavy (non-hydrogen) atoms. The third kappa shape index (κ3) is 6.02. The number of aromatic nitrogens is 10. The molecule has 3 unspecified atom stereocenters. The molecule has 12 rings (SSSR count). The number of aromatic amines is 2. The number of thiophene rings is 2. The molecular weight excluding hydrogens is 809 g/mol. The second-order valence-corrected chi connectivity index (χ2v) is 20.2. The van der Waals surface area contributed by atoms with Gasteiger partial charge in [0.1, 0.15) is 6.33 Å². The molecular formula is C48H48N12S2. The number of nitrogens with two attached hydrogens (primary N) is 1. The van der Waals surface area contributed by atoms with Crippen LogP contribution < -0.4 is 11.1 Å². The van der Waals surface area contributed by atoms with Gasteiger partial charge in [0.05, 0.1) is 50.1 Å². The minimum atomic E-state index is 0.0260. The lowest BCUT2D eigenvalue weighted by atomic mass is 9.99. The number of benzene rings is 1. The van der Waals surface area contributed by atoms with Crippen LogP contribution in [0.1, 0.15) is 97.2 Å². The van der Waals surface area contributed by atoms with Gasteiger partial charge < -0.3 is 21.0 Å². The van der Waals surface area contributed by atoms with E-state index in [1.54, 1.807) is 6.33 Å². The van der Waals surface area contributed by atoms with Gasteiger partial charge in [-0.3, -0.25) is 4.68 Å². The fourth-order valence-electron chi connectivity index (χ4n) is 10.1. The van der Waals surface area contributed by atoms with Gasteiger partial charge in [0.2, 0.25) is 0 Å². The van der Waals surface area contributed by atoms with Gasteiger partial charge in [0, 0.05) is 57.6 Å². The largest absolute Gasteiger partial charge is 0.354 e. The number of nitrogens with one attached hydrogen (secondary N) is 3. The first-order valence-corrected chi connectivity index (χ1v) is 23.3. The van der Waals surface area contributed by atoms with E-state index in [1.165, 1.54) is 52.5 Å². The minimum absolute atomic E-state index is 0.0260. The summed E-state index contributed by atoms with van der Waals surface area (Å²) in [6, 6.07) is 16.4. The van der Waals surface area contributed by atoms with Gasteiger partial charge in [-0.15, -0.1) is 27.8 Å². The predicted molar refractivity (Wildman–Crippen MR) is 250 cm³/mol. The monoisotopic (exact) mass is 856 g/mol. The van der Waals surface area contributed by atoms with Crippen LogP contribution in [0.5, 0.6) is 0 Å². The number of hydrogen-bond donors (Lipinski definition) is 4. The van der Waals surface area contributed by atoms with E-state index in [2.05, 4.69) is 133 Å². The van der Waals surface area contributed by atoms with Crippen molar-refractivity contribution in [3.63, 3.8) is 0 Å². The fourth-order valence-corrected chi connectivity index (χ4v) is 12.7. The molecule has 3 atom stereocenters. The highest BCUT2D eigenvalue weighted by Crippen LogP contribution is 2.45. The lowest BCUT2D eigenvalue weighted by Gasteiger charge is -2.10. The number of nitrogens with zero attached hydrogens (tertiary/aromatic N) is 8. The standard InChI is InChI=1S/C48H48N12S2/c1-23(2)40-42(30-9-25(5)47-51-22-53-59(47)19-30)55-36-16-39(62-45(36)40)32-17-52-58(21-32)34-14-37(50-18-34)46-56-48-26(6)10-31(20-60(48)57-46)43-41(24(3)4)44-35(54-43)15-38(61-44)28-8-7-27-12-33(49)13-29(27)11-28/h7-11,15-17,19-24,33-34,37,50,54-55H,12-14,18,49H2,1-6H3. The number of H-pyrrole nitrogens is 2. The van der Waals surface area contributed by atoms with Crippen molar-refractivity contribution in [1.82, 2.24) is 54.3 Å². The summed E-state index contributed by atoms with van der Waals surface area (Å²) >= 11 is 3.71. The lowest BCUT2D eigenvalue weighted by molar-refractivity contribution is 0.478. The maximum absolute atomic E-state index is 6.29. The summed E-state index contributed by atoms with van der Waals surface area (Å²) < 4.78 is 8.57. The Hall–Kier alpha value is -5.93. The van der Waals surface area contributed by atoms with Gasteiger partial charge >= 0.3 is 0 Å². The van der Waals surface area contributed by atoms with Crippen molar-refractivity contribution in [3.05, 3.63) is 113 Å². The van der Waals surface area contributed by atoms with Crippen molar-refractivity contribution in [2.24, 2.45) is 5.73 Å². The van der Waals surface area contributed by atoms with Gasteiger partial charge in [-0.25, -0.2) is 19.0 Å². The van der Waals surface area contributed by atoms with E-state index in [9.17, 15) is 0 Å². The maximum Gasteiger partial charge on any atom is 0.168 e. The smallest absolute Gasteiger partial charge is 0.168 e. The summed E-state index contributed by atoms with van der Waals surface area (Å²) in [6.45, 7) is 14.1. The van der Waals surface area contributed by atoms with Crippen molar-refractivity contribution >= 4 is 54.4 Å². The molecule has 1 saturated heterocycles. The van der Waals surface area contributed by atoms with Crippen LogP contribution in [0, 0.1) is 13.8 Å². The number of fused-ring (bicyclic) bond motifs is 5. The Labute approximate surface area is 366 Å². The first-order chi connectivity index (χ1) is 30.0. The molecule has 10 heterocycles. The summed E-state index contributed by atoms with van der Waals surface area (Å²) in [6.07, 6.45) is 12.8. The molecule has 14 heteroatoms. The quantitative estimate of drug-likeness (QED) is 0.119. The van der Waals surface area contributed by atoms with Crippen molar-refractivity contribution in [3.8, 4) is 43.4 Å². The SMILES string of the molecule is Cc1cc(-c2[nH]c3cc(-c4cnn(C5CNC(c6nc7c(C)cc(-c8[nH]c9cc(-c%10ccc%11c(c%10)CC(N)C%11)sc9c8C(C)C)cn7n6)C5)c4)sc3c2C(C)C)cn2ncnc12. The van der Waals surface area contributed by atoms with E-state index >= 15 is 0 Å². The second-order valence-electron chi connectivity index (χ2n) is 18.1. The van der Waals surface area contributed by atoms with Crippen LogP contribution in [-0.2, 0) is 12.8 Å². The minimum Gasteiger partial charge on any atom is -0.354 e. The molecule has 0 spiro atoms. The van der Waals surface area contributed by atoms with Gasteiger partial charge in [-0.2, -0.15) is 10.2 Å². The second kappa shape index (κ2) is 14.0. The highest BCUT2D eigenvalue weighted by Gasteiger charge is 2.31. The topological polar surface area (TPSA) is 148 Å². The van der Waals surface area contributed by atoms with E-state index in [-0.39, 0.29) is 18.1 Å². The molecule has 1 aliphatic carbocycles. The zero-order valence-electron chi connectivity index (χ0n) is 35.6. The summed E-state index contributed by atoms with van der Waals surface area (Å²) in [7, 11) is 0. The molecule has 2 aliphatic rings. The van der Waals surface area contributed by atoms with E-state index in [4.69, 9.17) is 20.9 Å². The molecule has 0 radical (unpaired) electrons. The first-order valence-electron chi connectivity index (χ1n) is 21.7. The number of rotatable bonds is 8. The molecule has 1 fully saturated rings. The zero-order valence-corrected chi connectivity index (χ0v) is 37.2. The summed E-state index contributed by atoms with van der Waals surface area (Å²) in [4.78, 5) is 19.6. The van der Waals surface area contributed by atoms with E-state index < -0.39 is 0 Å². The van der Waals surface area contributed by atoms with Crippen LogP contribution in [0.2, 0.25) is 0 Å². The summed E-state index contributed by atoms with van der Waals surface area (Å²) in [5.74, 6) is 1.49. The lowest BCUT2D eigenvalue weighted by Crippen LogP contribution is -2.18. The number of hydrogen-bond acceptors (Lipinski definition) is 9. The normalized spacial score (nSPS) is 18.0. The molecule has 9 aromatic heterocycles. The van der Waals surface area contributed by atoms with Crippen molar-refractivity contribution in [2.75, 3.05) is 6.54 Å². The fraction of sp³-hybridized carbons (Fsp3) is 0.312. The highest BCUT2D eigenvalue weighted by molar-refractivity contribution is 7.22. The molecule has 0 amide bonds. The Morgan fingerprint density at radius 3 is 2.10 bits per heavy atom. The van der Waals surface area contributed by atoms with Crippen molar-refractivity contribution in [2.45, 2.75) is 90.8 Å². The van der Waals surface area contributed by atoms with Crippen molar-refractivity contribution in [1.29, 1.82) is 0 Å². The van der Waals surface area contributed by atoms with Crippen LogP contribution in [0.25, 0.3) is 75.1 Å². The highest BCUT2D eigenvalue weighted by atomic mass is 32.1. The molecule has 0 bridgehead atoms. The van der Waals surface area contributed by atoms with Crippen LogP contribution in [0.4, 0.5) is 0 Å². The molecule has 5 N–H and O–H groups in total. The summed E-state index contributed by atoms with van der Waals surface area (Å²) in [5.41, 5.74) is 25.0. The molecule has 1 aromatic carbocycles. The van der Waals surface area contributed by atoms with Crippen LogP contribution in [0.3, 0.4) is 0 Å². The Kier molecular flexibility index (Phi) is 8.56. The first kappa shape index (κ1) is 37.8. The Balaban J connectivity index is 0.792. The van der Waals surface area contributed by atoms with E-state index in [0.717, 1.165) is 87.6 Å². The van der Waals surface area contributed by atoms with Crippen LogP contribution in [-0.4, -0.2) is 61.5 Å². The van der Waals surface area contributed by atoms with E-state index in [0.29, 0.717) is 11.8 Å². The third-order valence-electron chi connectivity index (χ3n) is 13.1. The molecule has 312 valence electrons.